The minimum absolute atomic E-state index is 0.651. The molecule has 0 N–H and O–H groups in total. The van der Waals surface area contributed by atoms with Gasteiger partial charge in [0.25, 0.3) is 0 Å². The molecule has 0 spiro atoms. The lowest BCUT2D eigenvalue weighted by atomic mass is 10.00. The molecule has 0 radical (unpaired) electrons. The Balaban J connectivity index is 0.000000101. The predicted molar refractivity (Wildman–Crippen MR) is 600 cm³/mol. The van der Waals surface area contributed by atoms with Gasteiger partial charge in [-0.15, -0.1) is 45.3 Å². The second-order valence-corrected chi connectivity index (χ2v) is 38.8. The van der Waals surface area contributed by atoms with E-state index >= 15 is 0 Å². The average molecular weight is 1920 g/mol. The molecule has 20 aromatic carbocycles. The van der Waals surface area contributed by atoms with E-state index in [1.165, 1.54) is 18.8 Å². The zero-order valence-electron chi connectivity index (χ0n) is 77.1. The van der Waals surface area contributed by atoms with Crippen LogP contribution in [0.25, 0.3) is 261 Å². The van der Waals surface area contributed by atoms with Crippen LogP contribution in [0.15, 0.2) is 479 Å². The van der Waals surface area contributed by atoms with Gasteiger partial charge in [-0.25, -0.2) is 64.8 Å². The number of nitrogens with zero attached hydrogens (tertiary/aromatic N) is 13. The van der Waals surface area contributed by atoms with Crippen LogP contribution in [-0.2, 0) is 0 Å². The standard InChI is InChI=1S/C33H21N3S.C32H20N4S.2C31H19N3S/c1-4-10-22(11-5-1)28-21-29(23-12-6-2-7-13-23)35-32(34-28)26-16-18-27-25(20-26)17-19-30-31(27)36-33(37-30)24-14-8-3-9-15-24;1-4-10-21(11-5-1)29-34-30(22-12-6-2-7-13-22)36-31(35-29)25-16-18-26-24(20-25)17-19-27-28(26)33-32(37-27)23-14-8-3-9-15-23;1-3-9-20(10-4-1)28-29(33-26-14-8-7-13-25(26)32-28)23-15-17-24-22(19-23)16-18-27-30(24)34-31(35-27)21-11-5-2-6-12-21;1-3-9-20(10-4-1)28-25-13-7-8-14-26(25)32-30(33-28)23-15-17-24-22(19-23)16-18-27-29(24)34-31(35-27)21-11-5-2-6-12-21/h1-21H;1-20H;2*1-19H. The molecule has 0 aliphatic rings. The van der Waals surface area contributed by atoms with Crippen molar-refractivity contribution < 1.29 is 0 Å². The highest BCUT2D eigenvalue weighted by atomic mass is 32.1. The zero-order valence-corrected chi connectivity index (χ0v) is 80.3. The Morgan fingerprint density at radius 1 is 0.132 bits per heavy atom. The lowest BCUT2D eigenvalue weighted by Gasteiger charge is -2.11. The summed E-state index contributed by atoms with van der Waals surface area (Å²) in [6.45, 7) is 0. The van der Waals surface area contributed by atoms with Gasteiger partial charge in [0.1, 0.15) is 20.0 Å². The van der Waals surface area contributed by atoms with Gasteiger partial charge in [0, 0.05) is 105 Å². The quantitative estimate of drug-likeness (QED) is 0.101. The Morgan fingerprint density at radius 3 is 0.722 bits per heavy atom. The summed E-state index contributed by atoms with van der Waals surface area (Å²) in [5, 5.41) is 14.3. The van der Waals surface area contributed by atoms with Gasteiger partial charge in [-0.1, -0.05) is 406 Å². The fourth-order valence-corrected chi connectivity index (χ4v) is 22.3. The number of hydrogen-bond acceptors (Lipinski definition) is 17. The maximum absolute atomic E-state index is 5.06. The van der Waals surface area contributed by atoms with E-state index in [4.69, 9.17) is 64.8 Å². The smallest absolute Gasteiger partial charge is 0.164 e. The third-order valence-electron chi connectivity index (χ3n) is 25.5. The number of hydrogen-bond donors (Lipinski definition) is 0. The molecule has 676 valence electrons. The third kappa shape index (κ3) is 17.8. The molecule has 0 aliphatic heterocycles. The van der Waals surface area contributed by atoms with Gasteiger partial charge < -0.3 is 0 Å². The number of thiazole rings is 4. The van der Waals surface area contributed by atoms with Crippen LogP contribution in [0, 0.1) is 0 Å². The molecule has 28 rings (SSSR count). The molecule has 0 unspecified atom stereocenters. The first-order valence-electron chi connectivity index (χ1n) is 47.4. The Labute approximate surface area is 844 Å². The van der Waals surface area contributed by atoms with Crippen molar-refractivity contribution >= 4 is 151 Å². The molecule has 8 aromatic heterocycles. The molecule has 0 fully saturated rings. The van der Waals surface area contributed by atoms with Crippen molar-refractivity contribution in [3.05, 3.63) is 479 Å². The summed E-state index contributed by atoms with van der Waals surface area (Å²) in [6, 6.07) is 164. The molecule has 8 heterocycles. The molecule has 17 heteroatoms. The van der Waals surface area contributed by atoms with Crippen LogP contribution in [0.1, 0.15) is 0 Å². The molecule has 0 aliphatic carbocycles. The number of aromatic nitrogens is 13. The summed E-state index contributed by atoms with van der Waals surface area (Å²) in [6.07, 6.45) is 0. The average Bonchev–Trinajstić information content (AvgIpc) is 1.60. The van der Waals surface area contributed by atoms with Crippen molar-refractivity contribution in [3.63, 3.8) is 0 Å². The van der Waals surface area contributed by atoms with Crippen LogP contribution < -0.4 is 0 Å². The van der Waals surface area contributed by atoms with Crippen molar-refractivity contribution in [1.82, 2.24) is 64.8 Å². The molecule has 0 amide bonds. The number of para-hydroxylation sites is 3. The normalized spacial score (nSPS) is 11.3. The maximum atomic E-state index is 5.06. The highest BCUT2D eigenvalue weighted by Crippen LogP contribution is 2.44. The summed E-state index contributed by atoms with van der Waals surface area (Å²) < 4.78 is 4.75. The molecule has 0 bridgehead atoms. The minimum atomic E-state index is 0.651. The molecule has 144 heavy (non-hydrogen) atoms. The second-order valence-electron chi connectivity index (χ2n) is 34.7. The Kier molecular flexibility index (Phi) is 23.6. The summed E-state index contributed by atoms with van der Waals surface area (Å²) in [5.41, 5.74) is 26.2. The van der Waals surface area contributed by atoms with Gasteiger partial charge in [0.15, 0.2) is 29.1 Å². The van der Waals surface area contributed by atoms with Crippen molar-refractivity contribution in [2.45, 2.75) is 0 Å². The molecule has 0 saturated carbocycles. The predicted octanol–water partition coefficient (Wildman–Crippen LogP) is 34.0. The number of rotatable bonds is 14. The van der Waals surface area contributed by atoms with Crippen LogP contribution in [0.5, 0.6) is 0 Å². The topological polar surface area (TPSA) is 168 Å². The van der Waals surface area contributed by atoms with E-state index in [1.54, 1.807) is 45.3 Å². The fourth-order valence-electron chi connectivity index (χ4n) is 18.3. The molecule has 0 atom stereocenters. The van der Waals surface area contributed by atoms with Gasteiger partial charge in [-0.3, -0.25) is 0 Å². The number of fused-ring (bicyclic) bond motifs is 14. The minimum Gasteiger partial charge on any atom is -0.244 e. The van der Waals surface area contributed by atoms with E-state index in [0.717, 1.165) is 219 Å². The van der Waals surface area contributed by atoms with Gasteiger partial charge in [-0.05, 0) is 94.3 Å². The molecule has 28 aromatic rings. The summed E-state index contributed by atoms with van der Waals surface area (Å²) in [5.74, 6) is 3.41. The van der Waals surface area contributed by atoms with Crippen LogP contribution in [-0.4, -0.2) is 64.8 Å². The Hall–Kier alpha value is -18.2. The Morgan fingerprint density at radius 2 is 0.382 bits per heavy atom. The van der Waals surface area contributed by atoms with E-state index in [-0.39, 0.29) is 0 Å². The third-order valence-corrected chi connectivity index (χ3v) is 29.7. The molecular weight excluding hydrogens is 1840 g/mol. The largest absolute Gasteiger partial charge is 0.244 e. The maximum Gasteiger partial charge on any atom is 0.164 e. The molecule has 13 nitrogen and oxygen atoms in total. The lowest BCUT2D eigenvalue weighted by molar-refractivity contribution is 1.07. The van der Waals surface area contributed by atoms with E-state index < -0.39 is 0 Å². The van der Waals surface area contributed by atoms with Crippen molar-refractivity contribution in [2.24, 2.45) is 0 Å². The summed E-state index contributed by atoms with van der Waals surface area (Å²) >= 11 is 6.91. The lowest BCUT2D eigenvalue weighted by Crippen LogP contribution is -2.00. The van der Waals surface area contributed by atoms with Crippen LogP contribution in [0.3, 0.4) is 0 Å². The zero-order chi connectivity index (χ0) is 95.6. The highest BCUT2D eigenvalue weighted by molar-refractivity contribution is 7.23. The second kappa shape index (κ2) is 38.9. The fraction of sp³-hybridized carbons (Fsp3) is 0. The molecular formula is C127H79N13S4. The molecule has 0 saturated heterocycles. The van der Waals surface area contributed by atoms with Crippen molar-refractivity contribution in [1.29, 1.82) is 0 Å². The van der Waals surface area contributed by atoms with Crippen LogP contribution >= 0.6 is 45.3 Å². The van der Waals surface area contributed by atoms with Gasteiger partial charge >= 0.3 is 0 Å². The van der Waals surface area contributed by atoms with Gasteiger partial charge in [-0.2, -0.15) is 0 Å². The van der Waals surface area contributed by atoms with E-state index in [1.807, 2.05) is 206 Å². The monoisotopic (exact) mass is 1910 g/mol. The highest BCUT2D eigenvalue weighted by Gasteiger charge is 2.23. The van der Waals surface area contributed by atoms with Crippen molar-refractivity contribution in [3.8, 4) is 156 Å². The Bertz CT molecular complexity index is 9230. The van der Waals surface area contributed by atoms with Crippen molar-refractivity contribution in [2.75, 3.05) is 0 Å². The summed E-state index contributed by atoms with van der Waals surface area (Å²) in [7, 11) is 0. The van der Waals surface area contributed by atoms with E-state index in [9.17, 15) is 0 Å². The van der Waals surface area contributed by atoms with Crippen LogP contribution in [0.2, 0.25) is 0 Å². The first kappa shape index (κ1) is 87.3. The van der Waals surface area contributed by atoms with Gasteiger partial charge in [0.05, 0.1) is 85.9 Å². The van der Waals surface area contributed by atoms with E-state index in [2.05, 4.69) is 273 Å². The first-order valence-corrected chi connectivity index (χ1v) is 50.6. The van der Waals surface area contributed by atoms with Gasteiger partial charge in [0.2, 0.25) is 0 Å². The summed E-state index contributed by atoms with van der Waals surface area (Å²) in [4.78, 5) is 64.6. The van der Waals surface area contributed by atoms with E-state index in [0.29, 0.717) is 23.3 Å². The first-order chi connectivity index (χ1) is 71.3. The number of benzene rings is 20. The SMILES string of the molecule is c1ccc(-c2cc(-c3ccccc3)nc(-c3ccc4c(ccc5sc(-c6ccccc6)nc54)c3)n2)cc1.c1ccc(-c2nc(-c3ccccc3)nc(-c3ccc4c(ccc5sc(-c6ccccc6)nc54)c3)n2)cc1.c1ccc(-c2nc3c(ccc4cc(-c5nc(-c6ccccc6)c6ccccc6n5)ccc43)s2)cc1.c1ccc(-c2nc3c(ccc4cc(-c5nc6ccccc6nc5-c5ccccc5)ccc43)s2)cc1. The van der Waals surface area contributed by atoms with Crippen LogP contribution in [0.4, 0.5) is 0 Å².